The maximum atomic E-state index is 9.85. The van der Waals surface area contributed by atoms with Crippen molar-refractivity contribution in [1.29, 1.82) is 0 Å². The first-order chi connectivity index (χ1) is 10.2. The molecule has 0 amide bonds. The molecule has 21 heavy (non-hydrogen) atoms. The number of β-amino-alcohol motifs (C(OH)–C–C–N with tert-alkyl or cyclic N) is 1. The first-order valence-corrected chi connectivity index (χ1v) is 9.10. The molecule has 1 aliphatic carbocycles. The predicted molar refractivity (Wildman–Crippen MR) is 86.4 cm³/mol. The van der Waals surface area contributed by atoms with E-state index in [1.807, 2.05) is 0 Å². The maximum absolute atomic E-state index is 9.85. The maximum Gasteiger partial charge on any atom is 0.0716 e. The van der Waals surface area contributed by atoms with Crippen molar-refractivity contribution in [3.8, 4) is 0 Å². The number of aliphatic hydroxyl groups is 1. The summed E-state index contributed by atoms with van der Waals surface area (Å²) in [6.07, 6.45) is 8.11. The summed E-state index contributed by atoms with van der Waals surface area (Å²) >= 11 is 0. The SMILES string of the molecule is CC1CCCCC1N1CCC(NCC2CNCC2O)CC1. The molecule has 3 N–H and O–H groups in total. The van der Waals surface area contributed by atoms with Gasteiger partial charge in [0.05, 0.1) is 6.10 Å². The van der Waals surface area contributed by atoms with Gasteiger partial charge in [-0.1, -0.05) is 19.8 Å². The molecule has 2 heterocycles. The van der Waals surface area contributed by atoms with Gasteiger partial charge < -0.3 is 20.6 Å². The van der Waals surface area contributed by atoms with Crippen LogP contribution in [0.25, 0.3) is 0 Å². The predicted octanol–water partition coefficient (Wildman–Crippen LogP) is 1.20. The lowest BCUT2D eigenvalue weighted by atomic mass is 9.84. The van der Waals surface area contributed by atoms with Crippen LogP contribution in [0.4, 0.5) is 0 Å². The van der Waals surface area contributed by atoms with Gasteiger partial charge in [-0.05, 0) is 44.7 Å². The molecule has 0 aromatic heterocycles. The van der Waals surface area contributed by atoms with Crippen molar-refractivity contribution in [3.05, 3.63) is 0 Å². The van der Waals surface area contributed by atoms with Crippen LogP contribution in [0.3, 0.4) is 0 Å². The van der Waals surface area contributed by atoms with E-state index in [9.17, 15) is 5.11 Å². The van der Waals surface area contributed by atoms with E-state index in [4.69, 9.17) is 0 Å². The van der Waals surface area contributed by atoms with Gasteiger partial charge in [0.2, 0.25) is 0 Å². The number of piperidine rings is 1. The lowest BCUT2D eigenvalue weighted by Crippen LogP contribution is -2.50. The minimum atomic E-state index is -0.152. The summed E-state index contributed by atoms with van der Waals surface area (Å²) in [6.45, 7) is 7.68. The first-order valence-electron chi connectivity index (χ1n) is 9.10. The van der Waals surface area contributed by atoms with Crippen LogP contribution in [-0.2, 0) is 0 Å². The van der Waals surface area contributed by atoms with Crippen molar-refractivity contribution < 1.29 is 5.11 Å². The summed E-state index contributed by atoms with van der Waals surface area (Å²) in [6, 6.07) is 1.51. The van der Waals surface area contributed by atoms with Crippen molar-refractivity contribution in [2.75, 3.05) is 32.7 Å². The van der Waals surface area contributed by atoms with E-state index in [1.54, 1.807) is 0 Å². The molecular formula is C17H33N3O. The molecule has 3 fully saturated rings. The summed E-state index contributed by atoms with van der Waals surface area (Å²) in [5.74, 6) is 1.30. The second-order valence-electron chi connectivity index (χ2n) is 7.53. The largest absolute Gasteiger partial charge is 0.391 e. The van der Waals surface area contributed by atoms with E-state index >= 15 is 0 Å². The van der Waals surface area contributed by atoms with Crippen molar-refractivity contribution >= 4 is 0 Å². The Morgan fingerprint density at radius 2 is 1.86 bits per heavy atom. The highest BCUT2D eigenvalue weighted by molar-refractivity contribution is 4.88. The van der Waals surface area contributed by atoms with Crippen molar-refractivity contribution in [3.63, 3.8) is 0 Å². The molecule has 2 saturated heterocycles. The van der Waals surface area contributed by atoms with E-state index in [-0.39, 0.29) is 6.10 Å². The molecule has 0 aromatic rings. The minimum Gasteiger partial charge on any atom is -0.391 e. The molecular weight excluding hydrogens is 262 g/mol. The second kappa shape index (κ2) is 7.40. The number of nitrogens with one attached hydrogen (secondary N) is 2. The second-order valence-corrected chi connectivity index (χ2v) is 7.53. The molecule has 4 unspecified atom stereocenters. The van der Waals surface area contributed by atoms with Crippen LogP contribution in [-0.4, -0.2) is 60.9 Å². The highest BCUT2D eigenvalue weighted by atomic mass is 16.3. The van der Waals surface area contributed by atoms with E-state index < -0.39 is 0 Å². The fourth-order valence-corrected chi connectivity index (χ4v) is 4.52. The van der Waals surface area contributed by atoms with E-state index in [1.165, 1.54) is 51.6 Å². The Hall–Kier alpha value is -0.160. The molecule has 0 radical (unpaired) electrons. The monoisotopic (exact) mass is 295 g/mol. The Morgan fingerprint density at radius 1 is 1.10 bits per heavy atom. The van der Waals surface area contributed by atoms with E-state index in [2.05, 4.69) is 22.5 Å². The van der Waals surface area contributed by atoms with Gasteiger partial charge in [-0.3, -0.25) is 0 Å². The lowest BCUT2D eigenvalue weighted by molar-refractivity contribution is 0.0789. The van der Waals surface area contributed by atoms with Gasteiger partial charge in [0, 0.05) is 37.6 Å². The van der Waals surface area contributed by atoms with Crippen molar-refractivity contribution in [2.45, 2.75) is 63.6 Å². The first kappa shape index (κ1) is 15.7. The fourth-order valence-electron chi connectivity index (χ4n) is 4.52. The molecule has 0 bridgehead atoms. The molecule has 3 rings (SSSR count). The van der Waals surface area contributed by atoms with Crippen molar-refractivity contribution in [1.82, 2.24) is 15.5 Å². The zero-order valence-electron chi connectivity index (χ0n) is 13.6. The Morgan fingerprint density at radius 3 is 2.52 bits per heavy atom. The highest BCUT2D eigenvalue weighted by Crippen LogP contribution is 2.29. The molecule has 0 aromatic carbocycles. The van der Waals surface area contributed by atoms with Crippen LogP contribution >= 0.6 is 0 Å². The van der Waals surface area contributed by atoms with Gasteiger partial charge in [-0.2, -0.15) is 0 Å². The van der Waals surface area contributed by atoms with Gasteiger partial charge >= 0.3 is 0 Å². The third-order valence-corrected chi connectivity index (χ3v) is 6.04. The number of hydrogen-bond acceptors (Lipinski definition) is 4. The molecule has 3 aliphatic rings. The quantitative estimate of drug-likeness (QED) is 0.729. The topological polar surface area (TPSA) is 47.5 Å². The van der Waals surface area contributed by atoms with Gasteiger partial charge in [0.25, 0.3) is 0 Å². The normalized spacial score (nSPS) is 39.7. The van der Waals surface area contributed by atoms with Crippen LogP contribution in [0.1, 0.15) is 45.4 Å². The Kier molecular flexibility index (Phi) is 5.54. The zero-order chi connectivity index (χ0) is 14.7. The van der Waals surface area contributed by atoms with Crippen LogP contribution < -0.4 is 10.6 Å². The van der Waals surface area contributed by atoms with Crippen molar-refractivity contribution in [2.24, 2.45) is 11.8 Å². The summed E-state index contributed by atoms with van der Waals surface area (Å²) in [4.78, 5) is 2.76. The Balaban J connectivity index is 1.38. The number of nitrogens with zero attached hydrogens (tertiary/aromatic N) is 1. The number of aliphatic hydroxyl groups excluding tert-OH is 1. The molecule has 4 atom stereocenters. The van der Waals surface area contributed by atoms with E-state index in [0.29, 0.717) is 12.0 Å². The Labute approximate surface area is 129 Å². The lowest BCUT2D eigenvalue weighted by Gasteiger charge is -2.42. The van der Waals surface area contributed by atoms with Gasteiger partial charge in [0.15, 0.2) is 0 Å². The standard InChI is InChI=1S/C17H33N3O/c1-13-4-2-3-5-16(13)20-8-6-15(7-9-20)19-11-14-10-18-12-17(14)21/h13-19,21H,2-12H2,1H3. The average Bonchev–Trinajstić information content (AvgIpc) is 2.92. The molecule has 1 saturated carbocycles. The summed E-state index contributed by atoms with van der Waals surface area (Å²) in [7, 11) is 0. The zero-order valence-corrected chi connectivity index (χ0v) is 13.6. The summed E-state index contributed by atoms with van der Waals surface area (Å²) in [5, 5.41) is 16.8. The number of rotatable bonds is 4. The van der Waals surface area contributed by atoms with Gasteiger partial charge in [-0.15, -0.1) is 0 Å². The van der Waals surface area contributed by atoms with Crippen LogP contribution in [0.15, 0.2) is 0 Å². The third-order valence-electron chi connectivity index (χ3n) is 6.04. The van der Waals surface area contributed by atoms with Crippen LogP contribution in [0.5, 0.6) is 0 Å². The smallest absolute Gasteiger partial charge is 0.0716 e. The number of likely N-dealkylation sites (tertiary alicyclic amines) is 1. The highest BCUT2D eigenvalue weighted by Gasteiger charge is 2.31. The average molecular weight is 295 g/mol. The van der Waals surface area contributed by atoms with Crippen LogP contribution in [0.2, 0.25) is 0 Å². The Bertz CT molecular complexity index is 317. The molecule has 122 valence electrons. The minimum absolute atomic E-state index is 0.152. The fraction of sp³-hybridized carbons (Fsp3) is 1.00. The van der Waals surface area contributed by atoms with E-state index in [0.717, 1.165) is 31.6 Å². The molecule has 0 spiro atoms. The summed E-state index contributed by atoms with van der Waals surface area (Å²) < 4.78 is 0. The summed E-state index contributed by atoms with van der Waals surface area (Å²) in [5.41, 5.74) is 0. The molecule has 4 nitrogen and oxygen atoms in total. The van der Waals surface area contributed by atoms with Gasteiger partial charge in [-0.25, -0.2) is 0 Å². The molecule has 2 aliphatic heterocycles. The molecule has 4 heteroatoms. The van der Waals surface area contributed by atoms with Gasteiger partial charge in [0.1, 0.15) is 0 Å². The number of hydrogen-bond donors (Lipinski definition) is 3. The third kappa shape index (κ3) is 3.98. The van der Waals surface area contributed by atoms with Crippen LogP contribution in [0, 0.1) is 11.8 Å².